The first kappa shape index (κ1) is 27.9. The van der Waals surface area contributed by atoms with E-state index in [9.17, 15) is 14.4 Å². The molecule has 1 aliphatic heterocycles. The Bertz CT molecular complexity index is 1440. The molecule has 1 aromatic heterocycles. The molecule has 0 atom stereocenters. The summed E-state index contributed by atoms with van der Waals surface area (Å²) in [6, 6.07) is 18.6. The zero-order valence-electron chi connectivity index (χ0n) is 22.6. The van der Waals surface area contributed by atoms with E-state index in [1.54, 1.807) is 63.3 Å². The lowest BCUT2D eigenvalue weighted by atomic mass is 10.1. The van der Waals surface area contributed by atoms with Gasteiger partial charge in [-0.3, -0.25) is 14.5 Å². The highest BCUT2D eigenvalue weighted by Crippen LogP contribution is 2.24. The van der Waals surface area contributed by atoms with Crippen LogP contribution >= 0.6 is 0 Å². The first-order valence-electron chi connectivity index (χ1n) is 12.7. The van der Waals surface area contributed by atoms with Gasteiger partial charge in [-0.25, -0.2) is 9.78 Å². The summed E-state index contributed by atoms with van der Waals surface area (Å²) in [5.41, 5.74) is 8.42. The fourth-order valence-corrected chi connectivity index (χ4v) is 3.79. The van der Waals surface area contributed by atoms with Crippen molar-refractivity contribution in [3.63, 3.8) is 0 Å². The van der Waals surface area contributed by atoms with Gasteiger partial charge in [0.25, 0.3) is 11.8 Å². The van der Waals surface area contributed by atoms with Crippen LogP contribution in [0.3, 0.4) is 0 Å². The Morgan fingerprint density at radius 2 is 1.73 bits per heavy atom. The van der Waals surface area contributed by atoms with E-state index in [2.05, 4.69) is 20.9 Å². The molecule has 0 saturated heterocycles. The Morgan fingerprint density at radius 1 is 1.02 bits per heavy atom. The van der Waals surface area contributed by atoms with Crippen LogP contribution in [-0.4, -0.2) is 39.9 Å². The number of carbonyl (C=O) groups excluding carboxylic acids is 3. The zero-order chi connectivity index (χ0) is 28.7. The molecule has 0 bridgehead atoms. The summed E-state index contributed by atoms with van der Waals surface area (Å²) in [7, 11) is 0. The van der Waals surface area contributed by atoms with Crippen LogP contribution in [0.4, 0.5) is 27.7 Å². The summed E-state index contributed by atoms with van der Waals surface area (Å²) in [4.78, 5) is 42.7. The average molecular weight is 541 g/mol. The second-order valence-corrected chi connectivity index (χ2v) is 10.1. The number of rotatable bonds is 8. The Hall–Kier alpha value is -5.12. The maximum atomic E-state index is 12.8. The van der Waals surface area contributed by atoms with Crippen LogP contribution in [0.2, 0.25) is 0 Å². The van der Waals surface area contributed by atoms with Crippen LogP contribution in [0.25, 0.3) is 0 Å². The maximum absolute atomic E-state index is 12.8. The van der Waals surface area contributed by atoms with Crippen LogP contribution < -0.4 is 21.7 Å². The van der Waals surface area contributed by atoms with Crippen LogP contribution in [-0.2, 0) is 16.1 Å². The van der Waals surface area contributed by atoms with Crippen molar-refractivity contribution in [2.45, 2.75) is 32.9 Å². The van der Waals surface area contributed by atoms with E-state index < -0.39 is 17.6 Å². The number of primary amides is 1. The first-order chi connectivity index (χ1) is 19.1. The average Bonchev–Trinajstić information content (AvgIpc) is 2.92. The smallest absolute Gasteiger partial charge is 0.414 e. The number of nitrogens with two attached hydrogens (primary N) is 1. The molecule has 10 nitrogen and oxygen atoms in total. The summed E-state index contributed by atoms with van der Waals surface area (Å²) >= 11 is 0. The fraction of sp³-hybridized carbons (Fsp3) is 0.200. The minimum atomic E-state index is -0.635. The van der Waals surface area contributed by atoms with Gasteiger partial charge in [0.2, 0.25) is 0 Å². The number of nitrogens with zero attached hydrogens (tertiary/aromatic N) is 2. The van der Waals surface area contributed by atoms with E-state index in [0.717, 1.165) is 11.3 Å². The second kappa shape index (κ2) is 12.2. The molecule has 0 radical (unpaired) electrons. The number of amides is 3. The summed E-state index contributed by atoms with van der Waals surface area (Å²) in [6.07, 6.45) is 5.78. The lowest BCUT2D eigenvalue weighted by Crippen LogP contribution is -2.35. The highest BCUT2D eigenvalue weighted by atomic mass is 16.6. The van der Waals surface area contributed by atoms with Crippen LogP contribution in [0.5, 0.6) is 0 Å². The topological polar surface area (TPSA) is 139 Å². The van der Waals surface area contributed by atoms with Gasteiger partial charge in [-0.05, 0) is 50.6 Å². The molecule has 0 fully saturated rings. The van der Waals surface area contributed by atoms with E-state index in [1.807, 2.05) is 30.3 Å². The van der Waals surface area contributed by atoms with Crippen molar-refractivity contribution in [2.24, 2.45) is 5.73 Å². The van der Waals surface area contributed by atoms with Gasteiger partial charge < -0.3 is 26.4 Å². The molecule has 2 aromatic carbocycles. The predicted octanol–water partition coefficient (Wildman–Crippen LogP) is 5.17. The third-order valence-corrected chi connectivity index (χ3v) is 5.70. The molecular formula is C30H32N6O4. The molecule has 0 spiro atoms. The summed E-state index contributed by atoms with van der Waals surface area (Å²) in [5.74, 6) is -0.424. The molecule has 4 rings (SSSR count). The maximum Gasteiger partial charge on any atom is 0.414 e. The van der Waals surface area contributed by atoms with Crippen LogP contribution in [0.1, 0.15) is 36.7 Å². The van der Waals surface area contributed by atoms with Crippen molar-refractivity contribution in [1.82, 2.24) is 9.88 Å². The number of carbonyl (C=O) groups is 3. The fourth-order valence-electron chi connectivity index (χ4n) is 3.79. The molecule has 3 aromatic rings. The monoisotopic (exact) mass is 540 g/mol. The van der Waals surface area contributed by atoms with Crippen molar-refractivity contribution in [1.29, 1.82) is 0 Å². The molecule has 10 heteroatoms. The first-order valence-corrected chi connectivity index (χ1v) is 12.7. The van der Waals surface area contributed by atoms with Gasteiger partial charge in [0.05, 0.1) is 16.8 Å². The largest absolute Gasteiger partial charge is 0.443 e. The van der Waals surface area contributed by atoms with Crippen molar-refractivity contribution in [3.05, 3.63) is 102 Å². The van der Waals surface area contributed by atoms with Gasteiger partial charge >= 0.3 is 6.09 Å². The normalized spacial score (nSPS) is 12.8. The highest BCUT2D eigenvalue weighted by molar-refractivity contribution is 6.06. The Morgan fingerprint density at radius 3 is 2.40 bits per heavy atom. The van der Waals surface area contributed by atoms with Crippen molar-refractivity contribution in [2.75, 3.05) is 22.5 Å². The lowest BCUT2D eigenvalue weighted by Gasteiger charge is -2.26. The molecule has 1 aliphatic rings. The van der Waals surface area contributed by atoms with Crippen molar-refractivity contribution < 1.29 is 19.1 Å². The molecule has 3 amide bonds. The number of pyridine rings is 1. The number of aromatic nitrogens is 1. The summed E-state index contributed by atoms with van der Waals surface area (Å²) < 4.78 is 5.38. The minimum absolute atomic E-state index is 0.288. The standard InChI is InChI=1S/C30H32N6O4/c1-30(2,3)40-29(39)36-15-7-10-21(19-36)28(38)35-23-13-11-22(12-14-23)34-26-16-25(24(18-33-26)27(31)37)32-17-20-8-5-4-6-9-20/h4-14,16,18-19H,15,17H2,1-3H3,(H2,31,37)(H,35,38)(H2,32,33,34). The number of hydrogen-bond acceptors (Lipinski definition) is 7. The molecule has 0 saturated carbocycles. The highest BCUT2D eigenvalue weighted by Gasteiger charge is 2.23. The molecule has 2 heterocycles. The number of ether oxygens (including phenoxy) is 1. The zero-order valence-corrected chi connectivity index (χ0v) is 22.6. The van der Waals surface area contributed by atoms with Crippen LogP contribution in [0, 0.1) is 0 Å². The van der Waals surface area contributed by atoms with Crippen LogP contribution in [0.15, 0.2) is 90.8 Å². The number of anilines is 4. The molecule has 40 heavy (non-hydrogen) atoms. The SMILES string of the molecule is CC(C)(C)OC(=O)N1C=C(C(=O)Nc2ccc(Nc3cc(NCc4ccccc4)c(C(N)=O)cn3)cc2)C=CC1. The number of nitrogens with one attached hydrogen (secondary N) is 3. The van der Waals surface area contributed by atoms with E-state index in [-0.39, 0.29) is 11.5 Å². The predicted molar refractivity (Wildman–Crippen MR) is 155 cm³/mol. The van der Waals surface area contributed by atoms with Gasteiger partial charge in [-0.15, -0.1) is 0 Å². The molecular weight excluding hydrogens is 508 g/mol. The lowest BCUT2D eigenvalue weighted by molar-refractivity contribution is -0.112. The molecule has 0 unspecified atom stereocenters. The van der Waals surface area contributed by atoms with E-state index in [1.165, 1.54) is 17.3 Å². The number of hydrogen-bond donors (Lipinski definition) is 4. The molecule has 206 valence electrons. The van der Waals surface area contributed by atoms with E-state index >= 15 is 0 Å². The van der Waals surface area contributed by atoms with Crippen molar-refractivity contribution >= 4 is 40.8 Å². The minimum Gasteiger partial charge on any atom is -0.443 e. The van der Waals surface area contributed by atoms with E-state index in [4.69, 9.17) is 10.5 Å². The number of benzene rings is 2. The second-order valence-electron chi connectivity index (χ2n) is 10.1. The quantitative estimate of drug-likeness (QED) is 0.309. The Kier molecular flexibility index (Phi) is 8.48. The Balaban J connectivity index is 1.39. The molecule has 0 aliphatic carbocycles. The van der Waals surface area contributed by atoms with Gasteiger partial charge in [0.1, 0.15) is 11.4 Å². The van der Waals surface area contributed by atoms with Gasteiger partial charge in [-0.1, -0.05) is 42.5 Å². The van der Waals surface area contributed by atoms with Crippen molar-refractivity contribution in [3.8, 4) is 0 Å². The van der Waals surface area contributed by atoms with Gasteiger partial charge in [0.15, 0.2) is 0 Å². The summed E-state index contributed by atoms with van der Waals surface area (Å²) in [6.45, 7) is 6.20. The Labute approximate surface area is 232 Å². The van der Waals surface area contributed by atoms with Gasteiger partial charge in [-0.2, -0.15) is 0 Å². The molecule has 5 N–H and O–H groups in total. The summed E-state index contributed by atoms with van der Waals surface area (Å²) in [5, 5.41) is 9.27. The van der Waals surface area contributed by atoms with Gasteiger partial charge in [0, 0.05) is 42.9 Å². The van der Waals surface area contributed by atoms with E-state index in [0.29, 0.717) is 35.9 Å². The third kappa shape index (κ3) is 7.70. The third-order valence-electron chi connectivity index (χ3n) is 5.70.